The van der Waals surface area contributed by atoms with E-state index in [4.69, 9.17) is 9.47 Å². The molecule has 2 aliphatic rings. The van der Waals surface area contributed by atoms with E-state index in [1.807, 2.05) is 10.7 Å². The Bertz CT molecular complexity index is 735. The number of nitrogens with zero attached hydrogens (tertiary/aromatic N) is 4. The Morgan fingerprint density at radius 1 is 1.40 bits per heavy atom. The minimum atomic E-state index is -0.250. The van der Waals surface area contributed by atoms with Crippen molar-refractivity contribution in [1.29, 1.82) is 0 Å². The summed E-state index contributed by atoms with van der Waals surface area (Å²) >= 11 is 1.56. The molecular formula is C17H22N4O3S. The third-order valence-corrected chi connectivity index (χ3v) is 6.34. The second kappa shape index (κ2) is 6.86. The number of hydrogen-bond acceptors (Lipinski definition) is 7. The maximum atomic E-state index is 11.9. The lowest BCUT2D eigenvalue weighted by atomic mass is 9.82. The molecule has 0 aliphatic carbocycles. The molecular weight excluding hydrogens is 340 g/mol. The van der Waals surface area contributed by atoms with Gasteiger partial charge in [0.1, 0.15) is 17.5 Å². The van der Waals surface area contributed by atoms with Gasteiger partial charge in [-0.25, -0.2) is 9.78 Å². The number of hydrogen-bond donors (Lipinski definition) is 0. The summed E-state index contributed by atoms with van der Waals surface area (Å²) in [6.45, 7) is 4.51. The molecule has 2 aromatic rings. The van der Waals surface area contributed by atoms with E-state index in [-0.39, 0.29) is 11.6 Å². The molecule has 8 heteroatoms. The molecule has 2 aliphatic heterocycles. The van der Waals surface area contributed by atoms with Crippen LogP contribution in [0, 0.1) is 0 Å². The zero-order valence-corrected chi connectivity index (χ0v) is 15.1. The van der Waals surface area contributed by atoms with E-state index >= 15 is 0 Å². The smallest absolute Gasteiger partial charge is 0.348 e. The number of esters is 1. The van der Waals surface area contributed by atoms with Gasteiger partial charge in [0.2, 0.25) is 0 Å². The van der Waals surface area contributed by atoms with Crippen molar-refractivity contribution >= 4 is 17.3 Å². The largest absolute Gasteiger partial charge is 0.465 e. The van der Waals surface area contributed by atoms with Crippen LogP contribution in [0.5, 0.6) is 0 Å². The third kappa shape index (κ3) is 3.21. The second-order valence-electron chi connectivity index (χ2n) is 6.53. The van der Waals surface area contributed by atoms with Crippen molar-refractivity contribution in [2.24, 2.45) is 0 Å². The number of rotatable bonds is 4. The lowest BCUT2D eigenvalue weighted by Crippen LogP contribution is -2.46. The number of carbonyl (C=O) groups excluding carboxylic acids is 1. The first-order valence-corrected chi connectivity index (χ1v) is 9.42. The van der Waals surface area contributed by atoms with Gasteiger partial charge in [0, 0.05) is 30.9 Å². The highest BCUT2D eigenvalue weighted by Gasteiger charge is 2.42. The van der Waals surface area contributed by atoms with Crippen LogP contribution < -0.4 is 0 Å². The number of aromatic nitrogens is 3. The van der Waals surface area contributed by atoms with E-state index in [2.05, 4.69) is 15.0 Å². The Morgan fingerprint density at radius 3 is 2.96 bits per heavy atom. The highest BCUT2D eigenvalue weighted by Crippen LogP contribution is 2.44. The predicted molar refractivity (Wildman–Crippen MR) is 92.7 cm³/mol. The summed E-state index contributed by atoms with van der Waals surface area (Å²) in [5.41, 5.74) is 0.972. The molecule has 0 N–H and O–H groups in total. The summed E-state index contributed by atoms with van der Waals surface area (Å²) in [4.78, 5) is 20.3. The monoisotopic (exact) mass is 362 g/mol. The zero-order valence-electron chi connectivity index (χ0n) is 14.3. The molecule has 25 heavy (non-hydrogen) atoms. The Hall–Kier alpha value is -1.77. The maximum Gasteiger partial charge on any atom is 0.348 e. The summed E-state index contributed by atoms with van der Waals surface area (Å²) in [7, 11) is 1.43. The molecule has 0 atom stereocenters. The van der Waals surface area contributed by atoms with E-state index < -0.39 is 0 Å². The van der Waals surface area contributed by atoms with Gasteiger partial charge in [-0.1, -0.05) is 0 Å². The first-order valence-electron chi connectivity index (χ1n) is 8.60. The van der Waals surface area contributed by atoms with E-state index in [1.165, 1.54) is 17.6 Å². The van der Waals surface area contributed by atoms with Gasteiger partial charge in [-0.05, 0) is 24.5 Å². The Balaban J connectivity index is 1.44. The minimum Gasteiger partial charge on any atom is -0.465 e. The van der Waals surface area contributed by atoms with Gasteiger partial charge in [-0.3, -0.25) is 4.68 Å². The first kappa shape index (κ1) is 16.7. The van der Waals surface area contributed by atoms with Crippen LogP contribution in [0.15, 0.2) is 18.7 Å². The van der Waals surface area contributed by atoms with Crippen molar-refractivity contribution in [2.75, 3.05) is 33.4 Å². The molecule has 2 aromatic heterocycles. The van der Waals surface area contributed by atoms with Gasteiger partial charge in [0.15, 0.2) is 0 Å². The van der Waals surface area contributed by atoms with E-state index in [0.29, 0.717) is 4.88 Å². The third-order valence-electron chi connectivity index (χ3n) is 5.17. The van der Waals surface area contributed by atoms with Crippen LogP contribution in [0.3, 0.4) is 0 Å². The summed E-state index contributed by atoms with van der Waals surface area (Å²) in [5.74, 6) is -0.250. The standard InChI is InChI=1S/C17H22N4O3S/c1-23-16(22)15-10-13-14(25-15)2-9-24-17(13)3-5-20(6-4-17)7-8-21-12-18-11-19-21/h10-12H,2-9H2,1H3. The fourth-order valence-corrected chi connectivity index (χ4v) is 4.91. The van der Waals surface area contributed by atoms with Crippen LogP contribution in [-0.2, 0) is 28.0 Å². The van der Waals surface area contributed by atoms with Crippen molar-refractivity contribution in [3.63, 3.8) is 0 Å². The van der Waals surface area contributed by atoms with Crippen LogP contribution in [0.2, 0.25) is 0 Å². The Kier molecular flexibility index (Phi) is 4.58. The van der Waals surface area contributed by atoms with Crippen molar-refractivity contribution in [3.05, 3.63) is 34.0 Å². The fraction of sp³-hybridized carbons (Fsp3) is 0.588. The molecule has 4 heterocycles. The van der Waals surface area contributed by atoms with E-state index in [1.54, 1.807) is 24.0 Å². The molecule has 0 aromatic carbocycles. The number of fused-ring (bicyclic) bond motifs is 2. The lowest BCUT2D eigenvalue weighted by molar-refractivity contribution is -0.0973. The zero-order chi connectivity index (χ0) is 17.3. The van der Waals surface area contributed by atoms with Gasteiger partial charge in [0.25, 0.3) is 0 Å². The maximum absolute atomic E-state index is 11.9. The number of likely N-dealkylation sites (tertiary alicyclic amines) is 1. The van der Waals surface area contributed by atoms with E-state index in [9.17, 15) is 4.79 Å². The predicted octanol–water partition coefficient (Wildman–Crippen LogP) is 1.69. The highest BCUT2D eigenvalue weighted by molar-refractivity contribution is 7.14. The van der Waals surface area contributed by atoms with Gasteiger partial charge < -0.3 is 14.4 Å². The Morgan fingerprint density at radius 2 is 2.24 bits per heavy atom. The minimum absolute atomic E-state index is 0.236. The van der Waals surface area contributed by atoms with Crippen LogP contribution in [0.4, 0.5) is 0 Å². The van der Waals surface area contributed by atoms with Crippen LogP contribution in [0.1, 0.15) is 33.0 Å². The number of ether oxygens (including phenoxy) is 2. The van der Waals surface area contributed by atoms with Gasteiger partial charge in [-0.2, -0.15) is 5.10 Å². The van der Waals surface area contributed by atoms with Crippen molar-refractivity contribution in [2.45, 2.75) is 31.4 Å². The average Bonchev–Trinajstić information content (AvgIpc) is 3.31. The summed E-state index contributed by atoms with van der Waals surface area (Å²) < 4.78 is 13.0. The van der Waals surface area contributed by atoms with Gasteiger partial charge >= 0.3 is 5.97 Å². The van der Waals surface area contributed by atoms with Gasteiger partial charge in [-0.15, -0.1) is 11.3 Å². The molecule has 134 valence electrons. The number of piperidine rings is 1. The quantitative estimate of drug-likeness (QED) is 0.771. The Labute approximate surface area is 150 Å². The number of carbonyl (C=O) groups is 1. The molecule has 0 radical (unpaired) electrons. The number of thiophene rings is 1. The molecule has 1 spiro atoms. The van der Waals surface area contributed by atoms with Crippen LogP contribution >= 0.6 is 11.3 Å². The highest BCUT2D eigenvalue weighted by atomic mass is 32.1. The molecule has 1 fully saturated rings. The van der Waals surface area contributed by atoms with Crippen LogP contribution in [-0.4, -0.2) is 59.0 Å². The molecule has 1 saturated heterocycles. The topological polar surface area (TPSA) is 69.5 Å². The number of methoxy groups -OCH3 is 1. The summed E-state index contributed by atoms with van der Waals surface area (Å²) in [6.07, 6.45) is 6.11. The first-order chi connectivity index (χ1) is 12.2. The average molecular weight is 362 g/mol. The van der Waals surface area contributed by atoms with Crippen LogP contribution in [0.25, 0.3) is 0 Å². The van der Waals surface area contributed by atoms with Crippen molar-refractivity contribution in [3.8, 4) is 0 Å². The molecule has 7 nitrogen and oxygen atoms in total. The summed E-state index contributed by atoms with van der Waals surface area (Å²) in [5, 5.41) is 4.15. The van der Waals surface area contributed by atoms with Crippen molar-refractivity contribution < 1.29 is 14.3 Å². The van der Waals surface area contributed by atoms with E-state index in [0.717, 1.165) is 52.0 Å². The molecule has 4 rings (SSSR count). The molecule has 0 saturated carbocycles. The van der Waals surface area contributed by atoms with Gasteiger partial charge in [0.05, 0.1) is 25.9 Å². The van der Waals surface area contributed by atoms with Crippen molar-refractivity contribution in [1.82, 2.24) is 19.7 Å². The second-order valence-corrected chi connectivity index (χ2v) is 7.67. The molecule has 0 bridgehead atoms. The lowest BCUT2D eigenvalue weighted by Gasteiger charge is -2.44. The molecule has 0 unspecified atom stereocenters. The molecule has 0 amide bonds. The summed E-state index contributed by atoms with van der Waals surface area (Å²) in [6, 6.07) is 2.00. The SMILES string of the molecule is COC(=O)c1cc2c(s1)CCOC21CCN(CCn2cncn2)CC1. The fourth-order valence-electron chi connectivity index (χ4n) is 3.76. The normalized spacial score (nSPS) is 19.7.